The average Bonchev–Trinajstić information content (AvgIpc) is 3.30. The fourth-order valence-corrected chi connectivity index (χ4v) is 4.21. The van der Waals surface area contributed by atoms with Gasteiger partial charge in [-0.15, -0.1) is 11.3 Å². The molecule has 26 heavy (non-hydrogen) atoms. The number of carbonyl (C=O) groups is 1. The van der Waals surface area contributed by atoms with Crippen molar-refractivity contribution in [1.29, 1.82) is 0 Å². The molecule has 1 aliphatic heterocycles. The maximum atomic E-state index is 12.6. The molecular weight excluding hydrogens is 346 g/mol. The predicted molar refractivity (Wildman–Crippen MR) is 106 cm³/mol. The monoisotopic (exact) mass is 369 g/mol. The van der Waals surface area contributed by atoms with Gasteiger partial charge in [-0.2, -0.15) is 0 Å². The highest BCUT2D eigenvalue weighted by molar-refractivity contribution is 7.09. The van der Waals surface area contributed by atoms with E-state index in [9.17, 15) is 4.79 Å². The van der Waals surface area contributed by atoms with Crippen molar-refractivity contribution in [3.8, 4) is 0 Å². The minimum absolute atomic E-state index is 0.00939. The molecule has 0 bridgehead atoms. The molecule has 2 aromatic heterocycles. The third-order valence-corrected chi connectivity index (χ3v) is 5.97. The summed E-state index contributed by atoms with van der Waals surface area (Å²) in [5.41, 5.74) is 3.38. The van der Waals surface area contributed by atoms with Crippen LogP contribution >= 0.6 is 11.3 Å². The number of aromatic nitrogens is 2. The number of nitrogens with one attached hydrogen (secondary N) is 2. The van der Waals surface area contributed by atoms with Gasteiger partial charge < -0.3 is 20.1 Å². The summed E-state index contributed by atoms with van der Waals surface area (Å²) < 4.78 is 0. The van der Waals surface area contributed by atoms with Gasteiger partial charge in [0.15, 0.2) is 0 Å². The number of rotatable bonds is 3. The van der Waals surface area contributed by atoms with Gasteiger partial charge in [-0.1, -0.05) is 6.07 Å². The molecule has 1 aliphatic rings. The van der Waals surface area contributed by atoms with Crippen LogP contribution < -0.4 is 10.2 Å². The SMILES string of the molecule is Cc1csc(C(C)NC(=O)N2CCN(c3cccc4[nH]ccc34)CC2)n1. The summed E-state index contributed by atoms with van der Waals surface area (Å²) >= 11 is 1.59. The van der Waals surface area contributed by atoms with E-state index < -0.39 is 0 Å². The van der Waals surface area contributed by atoms with Crippen molar-refractivity contribution < 1.29 is 4.79 Å². The molecule has 1 unspecified atom stereocenters. The number of amides is 2. The number of piperazine rings is 1. The minimum atomic E-state index is -0.0622. The smallest absolute Gasteiger partial charge is 0.318 e. The quantitative estimate of drug-likeness (QED) is 0.742. The first-order chi connectivity index (χ1) is 12.6. The molecule has 2 amide bonds. The van der Waals surface area contributed by atoms with Crippen molar-refractivity contribution in [2.45, 2.75) is 19.9 Å². The van der Waals surface area contributed by atoms with E-state index >= 15 is 0 Å². The molecule has 3 heterocycles. The van der Waals surface area contributed by atoms with Gasteiger partial charge in [0.2, 0.25) is 0 Å². The molecule has 0 spiro atoms. The lowest BCUT2D eigenvalue weighted by molar-refractivity contribution is 0.191. The van der Waals surface area contributed by atoms with E-state index in [1.807, 2.05) is 30.3 Å². The van der Waals surface area contributed by atoms with Crippen LogP contribution in [0.5, 0.6) is 0 Å². The van der Waals surface area contributed by atoms with Crippen LogP contribution in [0.1, 0.15) is 23.7 Å². The van der Waals surface area contributed by atoms with Gasteiger partial charge in [0.25, 0.3) is 0 Å². The van der Waals surface area contributed by atoms with E-state index in [-0.39, 0.29) is 12.1 Å². The van der Waals surface area contributed by atoms with Crippen LogP contribution in [0.25, 0.3) is 10.9 Å². The van der Waals surface area contributed by atoms with Gasteiger partial charge in [0.05, 0.1) is 6.04 Å². The van der Waals surface area contributed by atoms with Crippen LogP contribution in [0.3, 0.4) is 0 Å². The Labute approximate surface area is 156 Å². The van der Waals surface area contributed by atoms with Gasteiger partial charge in [-0.25, -0.2) is 9.78 Å². The number of hydrogen-bond donors (Lipinski definition) is 2. The normalized spacial score (nSPS) is 16.1. The number of H-pyrrole nitrogens is 1. The van der Waals surface area contributed by atoms with E-state index in [4.69, 9.17) is 0 Å². The molecule has 1 aromatic carbocycles. The Kier molecular flexibility index (Phi) is 4.55. The number of thiazole rings is 1. The number of urea groups is 1. The predicted octanol–water partition coefficient (Wildman–Crippen LogP) is 3.53. The molecule has 6 nitrogen and oxygen atoms in total. The average molecular weight is 369 g/mol. The second kappa shape index (κ2) is 6.99. The number of fused-ring (bicyclic) bond motifs is 1. The highest BCUT2D eigenvalue weighted by atomic mass is 32.1. The Balaban J connectivity index is 1.37. The molecule has 136 valence electrons. The second-order valence-corrected chi connectivity index (χ2v) is 7.58. The summed E-state index contributed by atoms with van der Waals surface area (Å²) in [6.07, 6.45) is 1.97. The summed E-state index contributed by atoms with van der Waals surface area (Å²) in [6, 6.07) is 8.35. The van der Waals surface area contributed by atoms with E-state index in [1.54, 1.807) is 11.3 Å². The fraction of sp³-hybridized carbons (Fsp3) is 0.368. The summed E-state index contributed by atoms with van der Waals surface area (Å²) in [7, 11) is 0. The number of benzene rings is 1. The van der Waals surface area contributed by atoms with Crippen LogP contribution in [0.15, 0.2) is 35.8 Å². The van der Waals surface area contributed by atoms with Crippen LogP contribution in [0.2, 0.25) is 0 Å². The third-order valence-electron chi connectivity index (χ3n) is 4.83. The van der Waals surface area contributed by atoms with Crippen molar-refractivity contribution in [2.24, 2.45) is 0 Å². The lowest BCUT2D eigenvalue weighted by atomic mass is 10.2. The first-order valence-corrected chi connectivity index (χ1v) is 9.78. The Hall–Kier alpha value is -2.54. The number of anilines is 1. The zero-order valence-corrected chi connectivity index (χ0v) is 15.8. The largest absolute Gasteiger partial charge is 0.367 e. The molecule has 1 atom stereocenters. The molecule has 4 rings (SSSR count). The number of aromatic amines is 1. The molecule has 1 saturated heterocycles. The third kappa shape index (κ3) is 3.26. The van der Waals surface area contributed by atoms with E-state index in [0.29, 0.717) is 0 Å². The molecule has 0 aliphatic carbocycles. The van der Waals surface area contributed by atoms with E-state index in [1.165, 1.54) is 11.1 Å². The molecule has 1 fully saturated rings. The maximum absolute atomic E-state index is 12.6. The topological polar surface area (TPSA) is 64.3 Å². The van der Waals surface area contributed by atoms with Gasteiger partial charge in [-0.3, -0.25) is 0 Å². The number of hydrogen-bond acceptors (Lipinski definition) is 4. The van der Waals surface area contributed by atoms with Crippen LogP contribution in [-0.2, 0) is 0 Å². The second-order valence-electron chi connectivity index (χ2n) is 6.69. The van der Waals surface area contributed by atoms with Crippen molar-refractivity contribution in [3.05, 3.63) is 46.5 Å². The summed E-state index contributed by atoms with van der Waals surface area (Å²) in [4.78, 5) is 24.5. The van der Waals surface area contributed by atoms with E-state index in [0.717, 1.165) is 42.4 Å². The fourth-order valence-electron chi connectivity index (χ4n) is 3.40. The van der Waals surface area contributed by atoms with E-state index in [2.05, 4.69) is 44.5 Å². The summed E-state index contributed by atoms with van der Waals surface area (Å²) in [5.74, 6) is 0. The molecule has 7 heteroatoms. The Morgan fingerprint density at radius 3 is 2.81 bits per heavy atom. The van der Waals surface area contributed by atoms with Crippen molar-refractivity contribution >= 4 is 34.0 Å². The Morgan fingerprint density at radius 1 is 1.27 bits per heavy atom. The maximum Gasteiger partial charge on any atom is 0.318 e. The Bertz CT molecular complexity index is 909. The van der Waals surface area contributed by atoms with Crippen LogP contribution in [-0.4, -0.2) is 47.1 Å². The first-order valence-electron chi connectivity index (χ1n) is 8.90. The Morgan fingerprint density at radius 2 is 2.08 bits per heavy atom. The van der Waals surface area contributed by atoms with Crippen LogP contribution in [0.4, 0.5) is 10.5 Å². The van der Waals surface area contributed by atoms with Gasteiger partial charge >= 0.3 is 6.03 Å². The van der Waals surface area contributed by atoms with Gasteiger partial charge in [-0.05, 0) is 32.0 Å². The zero-order valence-electron chi connectivity index (χ0n) is 15.0. The first kappa shape index (κ1) is 16.9. The van der Waals surface area contributed by atoms with Crippen molar-refractivity contribution in [2.75, 3.05) is 31.1 Å². The van der Waals surface area contributed by atoms with Crippen molar-refractivity contribution in [1.82, 2.24) is 20.2 Å². The number of aryl methyl sites for hydroxylation is 1. The minimum Gasteiger partial charge on any atom is -0.367 e. The number of nitrogens with zero attached hydrogens (tertiary/aromatic N) is 3. The lowest BCUT2D eigenvalue weighted by Gasteiger charge is -2.36. The van der Waals surface area contributed by atoms with Crippen LogP contribution in [0, 0.1) is 6.92 Å². The summed E-state index contributed by atoms with van der Waals surface area (Å²) in [6.45, 7) is 7.06. The molecule has 0 radical (unpaired) electrons. The van der Waals surface area contributed by atoms with Crippen molar-refractivity contribution in [3.63, 3.8) is 0 Å². The summed E-state index contributed by atoms with van der Waals surface area (Å²) in [5, 5.41) is 7.27. The standard InChI is InChI=1S/C19H23N5OS/c1-13-12-26-18(21-13)14(2)22-19(25)24-10-8-23(9-11-24)17-5-3-4-16-15(17)6-7-20-16/h3-7,12,14,20H,8-11H2,1-2H3,(H,22,25). The highest BCUT2D eigenvalue weighted by Gasteiger charge is 2.24. The molecule has 2 N–H and O–H groups in total. The number of carbonyl (C=O) groups excluding carboxylic acids is 1. The zero-order chi connectivity index (χ0) is 18.1. The molecular formula is C19H23N5OS. The van der Waals surface area contributed by atoms with Gasteiger partial charge in [0, 0.05) is 60.0 Å². The molecule has 0 saturated carbocycles. The van der Waals surface area contributed by atoms with Gasteiger partial charge in [0.1, 0.15) is 5.01 Å². The molecule has 3 aromatic rings. The highest BCUT2D eigenvalue weighted by Crippen LogP contribution is 2.27. The lowest BCUT2D eigenvalue weighted by Crippen LogP contribution is -2.52.